The summed E-state index contributed by atoms with van der Waals surface area (Å²) in [5.41, 5.74) is 1.90. The highest BCUT2D eigenvalue weighted by molar-refractivity contribution is 6.30. The number of hydrogen-bond donors (Lipinski definition) is 1. The molecule has 0 fully saturated rings. The Hall–Kier alpha value is -2.86. The van der Waals surface area contributed by atoms with Gasteiger partial charge < -0.3 is 9.84 Å². The van der Waals surface area contributed by atoms with Gasteiger partial charge in [-0.1, -0.05) is 11.6 Å². The number of ether oxygens (including phenoxy) is 1. The Morgan fingerprint density at radius 2 is 2.04 bits per heavy atom. The molecule has 0 atom stereocenters. The lowest BCUT2D eigenvalue weighted by Crippen LogP contribution is -2.15. The third-order valence-electron chi connectivity index (χ3n) is 4.01. The Labute approximate surface area is 148 Å². The van der Waals surface area contributed by atoms with Gasteiger partial charge in [-0.25, -0.2) is 0 Å². The fourth-order valence-electron chi connectivity index (χ4n) is 2.86. The van der Waals surface area contributed by atoms with Gasteiger partial charge in [-0.05, 0) is 42.8 Å². The fourth-order valence-corrected chi connectivity index (χ4v) is 3.02. The van der Waals surface area contributed by atoms with Crippen molar-refractivity contribution in [2.45, 2.75) is 13.3 Å². The molecule has 0 radical (unpaired) electrons. The quantitative estimate of drug-likeness (QED) is 0.773. The van der Waals surface area contributed by atoms with E-state index in [-0.39, 0.29) is 18.0 Å². The van der Waals surface area contributed by atoms with Crippen LogP contribution in [0.5, 0.6) is 5.75 Å². The number of carboxylic acids is 1. The molecule has 7 heteroatoms. The number of carbonyl (C=O) groups excluding carboxylic acids is 1. The van der Waals surface area contributed by atoms with Gasteiger partial charge in [-0.15, -0.1) is 0 Å². The highest BCUT2D eigenvalue weighted by Crippen LogP contribution is 2.30. The number of carboxylic acid groups (broad SMARTS) is 1. The number of methoxy groups -OCH3 is 1. The summed E-state index contributed by atoms with van der Waals surface area (Å²) in [4.78, 5) is 28.3. The number of rotatable bonds is 4. The Kier molecular flexibility index (Phi) is 4.46. The Morgan fingerprint density at radius 3 is 2.68 bits per heavy atom. The Bertz CT molecular complexity index is 994. The standard InChI is InChI=1S/C18H15ClN2O4/c1-10-13(9-17(22)23)14-8-12(25-2)3-4-16(14)21(10)18(24)15-7-11(19)5-6-20-15/h3-8H,9H2,1-2H3,(H,22,23). The molecule has 0 amide bonds. The van der Waals surface area contributed by atoms with Gasteiger partial charge in [0.05, 0.1) is 19.0 Å². The average molecular weight is 359 g/mol. The molecule has 2 heterocycles. The highest BCUT2D eigenvalue weighted by atomic mass is 35.5. The van der Waals surface area contributed by atoms with Crippen molar-refractivity contribution in [2.75, 3.05) is 7.11 Å². The van der Waals surface area contributed by atoms with Crippen LogP contribution in [0.15, 0.2) is 36.5 Å². The topological polar surface area (TPSA) is 81.4 Å². The van der Waals surface area contributed by atoms with Crippen molar-refractivity contribution >= 4 is 34.4 Å². The zero-order valence-corrected chi connectivity index (χ0v) is 14.4. The molecular formula is C18H15ClN2O4. The number of pyridine rings is 1. The van der Waals surface area contributed by atoms with E-state index in [1.165, 1.54) is 23.9 Å². The molecule has 0 saturated heterocycles. The summed E-state index contributed by atoms with van der Waals surface area (Å²) in [6.45, 7) is 1.72. The first-order chi connectivity index (χ1) is 11.9. The van der Waals surface area contributed by atoms with E-state index < -0.39 is 5.97 Å². The summed E-state index contributed by atoms with van der Waals surface area (Å²) >= 11 is 5.95. The smallest absolute Gasteiger partial charge is 0.307 e. The van der Waals surface area contributed by atoms with Crippen LogP contribution in [0.2, 0.25) is 5.02 Å². The van der Waals surface area contributed by atoms with Gasteiger partial charge in [0.25, 0.3) is 5.91 Å². The number of nitrogens with zero attached hydrogens (tertiary/aromatic N) is 2. The van der Waals surface area contributed by atoms with Crippen molar-refractivity contribution in [3.8, 4) is 5.75 Å². The van der Waals surface area contributed by atoms with E-state index in [0.29, 0.717) is 32.9 Å². The van der Waals surface area contributed by atoms with Gasteiger partial charge in [0, 0.05) is 22.3 Å². The first kappa shape index (κ1) is 17.0. The predicted octanol–water partition coefficient (Wildman–Crippen LogP) is 3.32. The van der Waals surface area contributed by atoms with Gasteiger partial charge in [0.15, 0.2) is 0 Å². The van der Waals surface area contributed by atoms with Crippen LogP contribution in [0.25, 0.3) is 10.9 Å². The molecule has 1 N–H and O–H groups in total. The molecule has 3 aromatic rings. The second-order valence-electron chi connectivity index (χ2n) is 5.52. The van der Waals surface area contributed by atoms with Gasteiger partial charge >= 0.3 is 5.97 Å². The lowest BCUT2D eigenvalue weighted by atomic mass is 10.1. The molecule has 0 unspecified atom stereocenters. The molecule has 0 spiro atoms. The van der Waals surface area contributed by atoms with E-state index in [2.05, 4.69) is 4.98 Å². The van der Waals surface area contributed by atoms with Gasteiger partial charge in [-0.3, -0.25) is 19.1 Å². The molecule has 25 heavy (non-hydrogen) atoms. The van der Waals surface area contributed by atoms with E-state index in [0.717, 1.165) is 0 Å². The molecule has 0 bridgehead atoms. The summed E-state index contributed by atoms with van der Waals surface area (Å²) in [5, 5.41) is 10.3. The van der Waals surface area contributed by atoms with Crippen molar-refractivity contribution in [1.29, 1.82) is 0 Å². The minimum atomic E-state index is -0.974. The molecule has 0 aliphatic carbocycles. The summed E-state index contributed by atoms with van der Waals surface area (Å²) < 4.78 is 6.68. The molecule has 6 nitrogen and oxygen atoms in total. The van der Waals surface area contributed by atoms with Crippen LogP contribution in [0.4, 0.5) is 0 Å². The van der Waals surface area contributed by atoms with Crippen molar-refractivity contribution < 1.29 is 19.4 Å². The molecule has 3 rings (SSSR count). The van der Waals surface area contributed by atoms with Gasteiger partial charge in [0.2, 0.25) is 0 Å². The molecule has 0 aliphatic heterocycles. The Balaban J connectivity index is 2.25. The maximum atomic E-state index is 13.0. The molecule has 2 aromatic heterocycles. The second kappa shape index (κ2) is 6.57. The van der Waals surface area contributed by atoms with Gasteiger partial charge in [0.1, 0.15) is 11.4 Å². The van der Waals surface area contributed by atoms with Crippen molar-refractivity contribution in [3.63, 3.8) is 0 Å². The van der Waals surface area contributed by atoms with Crippen LogP contribution in [0.3, 0.4) is 0 Å². The summed E-state index contributed by atoms with van der Waals surface area (Å²) in [5.74, 6) is -0.755. The van der Waals surface area contributed by atoms with E-state index >= 15 is 0 Å². The Morgan fingerprint density at radius 1 is 1.28 bits per heavy atom. The highest BCUT2D eigenvalue weighted by Gasteiger charge is 2.22. The third kappa shape index (κ3) is 3.08. The number of aliphatic carboxylic acids is 1. The van der Waals surface area contributed by atoms with Crippen molar-refractivity contribution in [3.05, 3.63) is 58.5 Å². The van der Waals surface area contributed by atoms with Crippen LogP contribution in [0.1, 0.15) is 21.7 Å². The molecular weight excluding hydrogens is 344 g/mol. The lowest BCUT2D eigenvalue weighted by molar-refractivity contribution is -0.136. The minimum absolute atomic E-state index is 0.185. The first-order valence-corrected chi connectivity index (χ1v) is 7.86. The largest absolute Gasteiger partial charge is 0.497 e. The second-order valence-corrected chi connectivity index (χ2v) is 5.95. The van der Waals surface area contributed by atoms with E-state index in [1.54, 1.807) is 31.2 Å². The van der Waals surface area contributed by atoms with Crippen molar-refractivity contribution in [1.82, 2.24) is 9.55 Å². The van der Waals surface area contributed by atoms with Crippen LogP contribution < -0.4 is 4.74 Å². The average Bonchev–Trinajstić information content (AvgIpc) is 2.85. The predicted molar refractivity (Wildman–Crippen MR) is 93.5 cm³/mol. The van der Waals surface area contributed by atoms with Gasteiger partial charge in [-0.2, -0.15) is 0 Å². The first-order valence-electron chi connectivity index (χ1n) is 7.48. The molecule has 1 aromatic carbocycles. The molecule has 0 saturated carbocycles. The zero-order chi connectivity index (χ0) is 18.1. The zero-order valence-electron chi connectivity index (χ0n) is 13.6. The van der Waals surface area contributed by atoms with Crippen LogP contribution in [-0.4, -0.2) is 33.6 Å². The summed E-state index contributed by atoms with van der Waals surface area (Å²) in [6, 6.07) is 8.25. The fraction of sp³-hybridized carbons (Fsp3) is 0.167. The number of hydrogen-bond acceptors (Lipinski definition) is 4. The number of fused-ring (bicyclic) bond motifs is 1. The van der Waals surface area contributed by atoms with Crippen LogP contribution in [0, 0.1) is 6.92 Å². The van der Waals surface area contributed by atoms with Crippen molar-refractivity contribution in [2.24, 2.45) is 0 Å². The third-order valence-corrected chi connectivity index (χ3v) is 4.25. The number of carbonyl (C=O) groups is 2. The van der Waals surface area contributed by atoms with Crippen LogP contribution in [-0.2, 0) is 11.2 Å². The van der Waals surface area contributed by atoms with E-state index in [1.807, 2.05) is 0 Å². The summed E-state index contributed by atoms with van der Waals surface area (Å²) in [7, 11) is 1.53. The summed E-state index contributed by atoms with van der Waals surface area (Å²) in [6.07, 6.45) is 1.26. The van der Waals surface area contributed by atoms with E-state index in [4.69, 9.17) is 16.3 Å². The normalized spacial score (nSPS) is 10.8. The minimum Gasteiger partial charge on any atom is -0.497 e. The number of benzene rings is 1. The monoisotopic (exact) mass is 358 g/mol. The SMILES string of the molecule is COc1ccc2c(c1)c(CC(=O)O)c(C)n2C(=O)c1cc(Cl)ccn1. The maximum Gasteiger partial charge on any atom is 0.307 e. The van der Waals surface area contributed by atoms with E-state index in [9.17, 15) is 14.7 Å². The van der Waals surface area contributed by atoms with Crippen LogP contribution >= 0.6 is 11.6 Å². The number of aromatic nitrogens is 2. The number of halogens is 1. The molecule has 0 aliphatic rings. The maximum absolute atomic E-state index is 13.0. The lowest BCUT2D eigenvalue weighted by Gasteiger charge is -2.07. The molecule has 128 valence electrons.